The number of hydrogen-bond acceptors (Lipinski definition) is 7. The van der Waals surface area contributed by atoms with Gasteiger partial charge in [0.25, 0.3) is 5.91 Å². The SMILES string of the molecule is CC1(C)CNc2cc(OC(F)F)c(-c3n[nH]cc3NC(=O)c3cnn4cccnc34)cc2S1. The zero-order chi connectivity index (χ0) is 23.2. The molecule has 0 bridgehead atoms. The summed E-state index contributed by atoms with van der Waals surface area (Å²) in [6, 6.07) is 4.98. The number of aromatic nitrogens is 5. The van der Waals surface area contributed by atoms with Crippen LogP contribution in [0.1, 0.15) is 24.2 Å². The van der Waals surface area contributed by atoms with E-state index in [-0.39, 0.29) is 21.8 Å². The predicted octanol–water partition coefficient (Wildman–Crippen LogP) is 4.27. The number of aromatic amines is 1. The smallest absolute Gasteiger partial charge is 0.387 e. The van der Waals surface area contributed by atoms with Crippen molar-refractivity contribution in [3.63, 3.8) is 0 Å². The van der Waals surface area contributed by atoms with Gasteiger partial charge in [0.2, 0.25) is 0 Å². The van der Waals surface area contributed by atoms with E-state index in [0.717, 1.165) is 4.90 Å². The lowest BCUT2D eigenvalue weighted by Gasteiger charge is -2.32. The Hall–Kier alpha value is -3.67. The second-order valence-corrected chi connectivity index (χ2v) is 9.74. The molecule has 170 valence electrons. The molecule has 4 heterocycles. The maximum Gasteiger partial charge on any atom is 0.387 e. The van der Waals surface area contributed by atoms with Crippen molar-refractivity contribution in [1.82, 2.24) is 24.8 Å². The Bertz CT molecular complexity index is 1350. The van der Waals surface area contributed by atoms with Gasteiger partial charge < -0.3 is 15.4 Å². The number of H-pyrrole nitrogens is 1. The fourth-order valence-electron chi connectivity index (χ4n) is 3.57. The van der Waals surface area contributed by atoms with Gasteiger partial charge in [-0.15, -0.1) is 11.8 Å². The van der Waals surface area contributed by atoms with E-state index in [9.17, 15) is 13.6 Å². The number of alkyl halides is 2. The van der Waals surface area contributed by atoms with Crippen molar-refractivity contribution in [3.05, 3.63) is 48.5 Å². The number of nitrogens with one attached hydrogen (secondary N) is 3. The molecule has 0 saturated heterocycles. The fourth-order valence-corrected chi connectivity index (χ4v) is 4.73. The van der Waals surface area contributed by atoms with Crippen LogP contribution in [0.3, 0.4) is 0 Å². The van der Waals surface area contributed by atoms with Crippen molar-refractivity contribution >= 4 is 34.7 Å². The van der Waals surface area contributed by atoms with Gasteiger partial charge in [-0.25, -0.2) is 9.50 Å². The first-order chi connectivity index (χ1) is 15.8. The van der Waals surface area contributed by atoms with E-state index in [0.29, 0.717) is 29.1 Å². The molecule has 0 spiro atoms. The molecule has 0 radical (unpaired) electrons. The lowest BCUT2D eigenvalue weighted by atomic mass is 10.1. The minimum Gasteiger partial charge on any atom is -0.434 e. The maximum atomic E-state index is 13.2. The normalized spacial score (nSPS) is 14.7. The number of amides is 1. The lowest BCUT2D eigenvalue weighted by molar-refractivity contribution is -0.0494. The molecule has 1 aliphatic rings. The van der Waals surface area contributed by atoms with Crippen molar-refractivity contribution in [2.75, 3.05) is 17.2 Å². The second-order valence-electron chi connectivity index (χ2n) is 7.99. The second kappa shape index (κ2) is 8.03. The third-order valence-electron chi connectivity index (χ3n) is 5.06. The standard InChI is InChI=1S/C21H19F2N7O2S/c1-21(2)10-25-13-7-15(32-20(22)23)11(6-16(13)33-21)17-14(9-26-29-17)28-19(31)12-8-27-30-5-3-4-24-18(12)30/h3-9,20,25H,10H2,1-2H3,(H,26,29)(H,28,31). The number of nitrogens with zero attached hydrogens (tertiary/aromatic N) is 4. The molecule has 12 heteroatoms. The summed E-state index contributed by atoms with van der Waals surface area (Å²) in [5, 5.41) is 17.0. The van der Waals surface area contributed by atoms with Crippen LogP contribution in [0.2, 0.25) is 0 Å². The highest BCUT2D eigenvalue weighted by atomic mass is 32.2. The summed E-state index contributed by atoms with van der Waals surface area (Å²) in [6.07, 6.45) is 6.13. The molecule has 0 atom stereocenters. The van der Waals surface area contributed by atoms with Crippen molar-refractivity contribution in [2.24, 2.45) is 0 Å². The topological polar surface area (TPSA) is 109 Å². The number of hydrogen-bond donors (Lipinski definition) is 3. The van der Waals surface area contributed by atoms with Gasteiger partial charge in [0.1, 0.15) is 17.0 Å². The van der Waals surface area contributed by atoms with Gasteiger partial charge in [0.05, 0.1) is 17.6 Å². The molecule has 3 aromatic heterocycles. The van der Waals surface area contributed by atoms with Crippen LogP contribution < -0.4 is 15.4 Å². The van der Waals surface area contributed by atoms with Crippen LogP contribution in [-0.2, 0) is 0 Å². The molecule has 9 nitrogen and oxygen atoms in total. The van der Waals surface area contributed by atoms with Gasteiger partial charge in [-0.2, -0.15) is 19.0 Å². The molecular formula is C21H19F2N7O2S. The van der Waals surface area contributed by atoms with E-state index in [1.165, 1.54) is 23.0 Å². The van der Waals surface area contributed by atoms with Gasteiger partial charge in [-0.1, -0.05) is 0 Å². The molecular weight excluding hydrogens is 452 g/mol. The summed E-state index contributed by atoms with van der Waals surface area (Å²) >= 11 is 1.62. The molecule has 0 fully saturated rings. The zero-order valence-electron chi connectivity index (χ0n) is 17.6. The summed E-state index contributed by atoms with van der Waals surface area (Å²) in [5.74, 6) is -0.505. The van der Waals surface area contributed by atoms with E-state index in [2.05, 4.69) is 44.8 Å². The van der Waals surface area contributed by atoms with E-state index < -0.39 is 12.5 Å². The Morgan fingerprint density at radius 3 is 3.03 bits per heavy atom. The fraction of sp³-hybridized carbons (Fsp3) is 0.238. The average molecular weight is 471 g/mol. The summed E-state index contributed by atoms with van der Waals surface area (Å²) in [5.41, 5.74) is 2.27. The van der Waals surface area contributed by atoms with Gasteiger partial charge in [-0.3, -0.25) is 9.89 Å². The van der Waals surface area contributed by atoms with E-state index in [1.807, 2.05) is 0 Å². The molecule has 1 aromatic carbocycles. The summed E-state index contributed by atoms with van der Waals surface area (Å²) in [6.45, 7) is 1.83. The summed E-state index contributed by atoms with van der Waals surface area (Å²) in [4.78, 5) is 18.0. The van der Waals surface area contributed by atoms with Crippen LogP contribution in [0.4, 0.5) is 20.2 Å². The first kappa shape index (κ1) is 21.2. The number of ether oxygens (including phenoxy) is 1. The Morgan fingerprint density at radius 2 is 2.21 bits per heavy atom. The highest BCUT2D eigenvalue weighted by molar-refractivity contribution is 8.00. The largest absolute Gasteiger partial charge is 0.434 e. The van der Waals surface area contributed by atoms with Crippen LogP contribution in [0.5, 0.6) is 5.75 Å². The van der Waals surface area contributed by atoms with Crippen LogP contribution in [0.15, 0.2) is 47.9 Å². The van der Waals surface area contributed by atoms with Crippen molar-refractivity contribution in [2.45, 2.75) is 30.1 Å². The predicted molar refractivity (Wildman–Crippen MR) is 120 cm³/mol. The molecule has 0 unspecified atom stereocenters. The summed E-state index contributed by atoms with van der Waals surface area (Å²) < 4.78 is 32.6. The monoisotopic (exact) mass is 471 g/mol. The number of halogens is 2. The van der Waals surface area contributed by atoms with E-state index in [4.69, 9.17) is 4.74 Å². The van der Waals surface area contributed by atoms with Crippen molar-refractivity contribution in [1.29, 1.82) is 0 Å². The first-order valence-corrected chi connectivity index (χ1v) is 10.8. The number of rotatable bonds is 5. The minimum absolute atomic E-state index is 0.0446. The Morgan fingerprint density at radius 1 is 1.36 bits per heavy atom. The first-order valence-electron chi connectivity index (χ1n) is 10.0. The number of carbonyl (C=O) groups is 1. The van der Waals surface area contributed by atoms with Crippen LogP contribution in [0.25, 0.3) is 16.9 Å². The minimum atomic E-state index is -3.02. The zero-order valence-corrected chi connectivity index (χ0v) is 18.4. The molecule has 5 rings (SSSR count). The number of carbonyl (C=O) groups excluding carboxylic acids is 1. The van der Waals surface area contributed by atoms with Gasteiger partial charge in [-0.05, 0) is 26.0 Å². The number of anilines is 2. The quantitative estimate of drug-likeness (QED) is 0.399. The molecule has 0 aliphatic carbocycles. The van der Waals surface area contributed by atoms with Gasteiger partial charge in [0.15, 0.2) is 5.65 Å². The molecule has 1 aliphatic heterocycles. The maximum absolute atomic E-state index is 13.2. The third-order valence-corrected chi connectivity index (χ3v) is 6.31. The molecule has 0 saturated carbocycles. The third kappa shape index (κ3) is 4.09. The van der Waals surface area contributed by atoms with Gasteiger partial charge >= 0.3 is 6.61 Å². The number of benzene rings is 1. The highest BCUT2D eigenvalue weighted by Crippen LogP contribution is 2.47. The van der Waals surface area contributed by atoms with Crippen LogP contribution >= 0.6 is 11.8 Å². The van der Waals surface area contributed by atoms with Gasteiger partial charge in [0, 0.05) is 46.4 Å². The highest BCUT2D eigenvalue weighted by Gasteiger charge is 2.29. The Kier molecular flexibility index (Phi) is 5.16. The lowest BCUT2D eigenvalue weighted by Crippen LogP contribution is -2.30. The number of fused-ring (bicyclic) bond motifs is 2. The van der Waals surface area contributed by atoms with Crippen LogP contribution in [-0.4, -0.2) is 48.6 Å². The van der Waals surface area contributed by atoms with E-state index >= 15 is 0 Å². The molecule has 3 N–H and O–H groups in total. The van der Waals surface area contributed by atoms with Crippen LogP contribution in [0, 0.1) is 0 Å². The number of thioether (sulfide) groups is 1. The molecule has 33 heavy (non-hydrogen) atoms. The molecule has 4 aromatic rings. The van der Waals surface area contributed by atoms with Crippen molar-refractivity contribution in [3.8, 4) is 17.0 Å². The Labute approximate surface area is 190 Å². The van der Waals surface area contributed by atoms with Crippen molar-refractivity contribution < 1.29 is 18.3 Å². The molecule has 1 amide bonds. The average Bonchev–Trinajstić information content (AvgIpc) is 3.39. The van der Waals surface area contributed by atoms with E-state index in [1.54, 1.807) is 36.3 Å². The summed E-state index contributed by atoms with van der Waals surface area (Å²) in [7, 11) is 0. The Balaban J connectivity index is 1.53.